The Morgan fingerprint density at radius 3 is 2.32 bits per heavy atom. The molecule has 0 saturated carbocycles. The Morgan fingerprint density at radius 1 is 1.00 bits per heavy atom. The van der Waals surface area contributed by atoms with Gasteiger partial charge in [-0.3, -0.25) is 14.3 Å². The normalized spacial score (nSPS) is 14.5. The Bertz CT molecular complexity index is 1140. The predicted molar refractivity (Wildman–Crippen MR) is 134 cm³/mol. The lowest BCUT2D eigenvalue weighted by Crippen LogP contribution is -2.42. The first-order valence-corrected chi connectivity index (χ1v) is 11.9. The molecule has 0 unspecified atom stereocenters. The van der Waals surface area contributed by atoms with Crippen LogP contribution in [0.3, 0.4) is 0 Å². The van der Waals surface area contributed by atoms with Crippen molar-refractivity contribution >= 4 is 17.9 Å². The lowest BCUT2D eigenvalue weighted by molar-refractivity contribution is -0.132. The van der Waals surface area contributed by atoms with Gasteiger partial charge in [-0.05, 0) is 43.9 Å². The largest absolute Gasteiger partial charge is 0.352 e. The summed E-state index contributed by atoms with van der Waals surface area (Å²) in [5, 5.41) is 7.79. The van der Waals surface area contributed by atoms with Gasteiger partial charge in [0.25, 0.3) is 0 Å². The number of piperidine rings is 1. The van der Waals surface area contributed by atoms with Crippen LogP contribution in [0.2, 0.25) is 0 Å². The number of aromatic nitrogens is 2. The van der Waals surface area contributed by atoms with Gasteiger partial charge >= 0.3 is 0 Å². The van der Waals surface area contributed by atoms with Crippen LogP contribution in [0.5, 0.6) is 0 Å². The molecule has 0 atom stereocenters. The first kappa shape index (κ1) is 23.5. The molecule has 2 heterocycles. The molecule has 3 aromatic rings. The highest BCUT2D eigenvalue weighted by Crippen LogP contribution is 2.19. The van der Waals surface area contributed by atoms with Gasteiger partial charge < -0.3 is 10.2 Å². The van der Waals surface area contributed by atoms with Crippen molar-refractivity contribution in [1.82, 2.24) is 20.0 Å². The minimum absolute atomic E-state index is 0.000193. The van der Waals surface area contributed by atoms with Crippen LogP contribution in [-0.2, 0) is 22.7 Å². The molecule has 0 spiro atoms. The van der Waals surface area contributed by atoms with E-state index >= 15 is 0 Å². The van der Waals surface area contributed by atoms with Crippen LogP contribution in [0.15, 0.2) is 66.7 Å². The number of nitrogens with one attached hydrogen (secondary N) is 1. The Kier molecular flexibility index (Phi) is 7.58. The molecular weight excluding hydrogens is 424 g/mol. The quantitative estimate of drug-likeness (QED) is 0.544. The van der Waals surface area contributed by atoms with E-state index in [1.54, 1.807) is 6.08 Å². The highest BCUT2D eigenvalue weighted by Gasteiger charge is 2.26. The van der Waals surface area contributed by atoms with Gasteiger partial charge in [0, 0.05) is 42.9 Å². The Balaban J connectivity index is 1.27. The summed E-state index contributed by atoms with van der Waals surface area (Å²) in [6.07, 6.45) is 4.82. The van der Waals surface area contributed by atoms with Crippen molar-refractivity contribution in [3.05, 3.63) is 94.8 Å². The summed E-state index contributed by atoms with van der Waals surface area (Å²) in [4.78, 5) is 27.1. The van der Waals surface area contributed by atoms with E-state index < -0.39 is 0 Å². The van der Waals surface area contributed by atoms with Crippen molar-refractivity contribution < 1.29 is 9.59 Å². The average Bonchev–Trinajstić information content (AvgIpc) is 3.14. The van der Waals surface area contributed by atoms with Gasteiger partial charge in [-0.2, -0.15) is 5.10 Å². The van der Waals surface area contributed by atoms with Crippen molar-refractivity contribution in [2.24, 2.45) is 5.92 Å². The molecule has 176 valence electrons. The van der Waals surface area contributed by atoms with E-state index in [-0.39, 0.29) is 17.7 Å². The van der Waals surface area contributed by atoms with Crippen molar-refractivity contribution in [1.29, 1.82) is 0 Å². The van der Waals surface area contributed by atoms with Gasteiger partial charge in [0.15, 0.2) is 0 Å². The predicted octanol–water partition coefficient (Wildman–Crippen LogP) is 4.12. The Hall–Kier alpha value is -3.67. The number of nitrogens with zero attached hydrogens (tertiary/aromatic N) is 3. The summed E-state index contributed by atoms with van der Waals surface area (Å²) in [7, 11) is 0. The van der Waals surface area contributed by atoms with Crippen LogP contribution < -0.4 is 5.32 Å². The smallest absolute Gasteiger partial charge is 0.246 e. The molecule has 1 saturated heterocycles. The van der Waals surface area contributed by atoms with Gasteiger partial charge in [0.2, 0.25) is 11.8 Å². The minimum Gasteiger partial charge on any atom is -0.352 e. The molecular formula is C28H32N4O2. The molecule has 0 bridgehead atoms. The standard InChI is InChI=1S/C28H32N4O2/c1-21-26(22(2)32(30-21)20-24-11-7-4-8-12-24)19-29-28(34)25-15-17-31(18-16-25)27(33)14-13-23-9-5-3-6-10-23/h3-14,25H,15-20H2,1-2H3,(H,29,34). The van der Waals surface area contributed by atoms with Gasteiger partial charge in [0.05, 0.1) is 12.2 Å². The van der Waals surface area contributed by atoms with E-state index in [0.717, 1.165) is 22.5 Å². The summed E-state index contributed by atoms with van der Waals surface area (Å²) >= 11 is 0. The Morgan fingerprint density at radius 2 is 1.65 bits per heavy atom. The molecule has 6 nitrogen and oxygen atoms in total. The summed E-state index contributed by atoms with van der Waals surface area (Å²) in [5.74, 6) is -0.0107. The molecule has 1 fully saturated rings. The van der Waals surface area contributed by atoms with E-state index in [1.807, 2.05) is 71.1 Å². The van der Waals surface area contributed by atoms with Crippen LogP contribution in [-0.4, -0.2) is 39.6 Å². The number of rotatable bonds is 7. The summed E-state index contributed by atoms with van der Waals surface area (Å²) in [6, 6.07) is 20.0. The van der Waals surface area contributed by atoms with E-state index in [0.29, 0.717) is 39.0 Å². The van der Waals surface area contributed by atoms with Crippen molar-refractivity contribution in [2.75, 3.05) is 13.1 Å². The van der Waals surface area contributed by atoms with E-state index in [1.165, 1.54) is 5.56 Å². The third kappa shape index (κ3) is 5.81. The number of carbonyl (C=O) groups is 2. The second-order valence-corrected chi connectivity index (χ2v) is 8.85. The van der Waals surface area contributed by atoms with E-state index in [9.17, 15) is 9.59 Å². The average molecular weight is 457 g/mol. The van der Waals surface area contributed by atoms with E-state index in [2.05, 4.69) is 29.5 Å². The zero-order valence-electron chi connectivity index (χ0n) is 19.9. The van der Waals surface area contributed by atoms with Crippen molar-refractivity contribution in [3.8, 4) is 0 Å². The molecule has 34 heavy (non-hydrogen) atoms. The van der Waals surface area contributed by atoms with Crippen LogP contribution in [0, 0.1) is 19.8 Å². The molecule has 4 rings (SSSR count). The first-order valence-electron chi connectivity index (χ1n) is 11.9. The molecule has 1 aliphatic rings. The number of hydrogen-bond donors (Lipinski definition) is 1. The van der Waals surface area contributed by atoms with Crippen molar-refractivity contribution in [2.45, 2.75) is 39.8 Å². The van der Waals surface area contributed by atoms with Gasteiger partial charge in [0.1, 0.15) is 0 Å². The molecule has 2 amide bonds. The maximum atomic E-state index is 12.8. The number of carbonyl (C=O) groups excluding carboxylic acids is 2. The van der Waals surface area contributed by atoms with E-state index in [4.69, 9.17) is 0 Å². The van der Waals surface area contributed by atoms with Crippen LogP contribution >= 0.6 is 0 Å². The Labute approximate surface area is 201 Å². The number of amides is 2. The lowest BCUT2D eigenvalue weighted by Gasteiger charge is -2.30. The maximum absolute atomic E-state index is 12.8. The summed E-state index contributed by atoms with van der Waals surface area (Å²) < 4.78 is 2.00. The fourth-order valence-corrected chi connectivity index (χ4v) is 4.42. The SMILES string of the molecule is Cc1nn(Cc2ccccc2)c(C)c1CNC(=O)C1CCN(C(=O)C=Cc2ccccc2)CC1. The minimum atomic E-state index is -0.0675. The molecule has 1 aromatic heterocycles. The highest BCUT2D eigenvalue weighted by molar-refractivity contribution is 5.92. The topological polar surface area (TPSA) is 67.2 Å². The van der Waals surface area contributed by atoms with Gasteiger partial charge in [-0.25, -0.2) is 0 Å². The van der Waals surface area contributed by atoms with Crippen LogP contribution in [0.1, 0.15) is 40.9 Å². The molecule has 0 radical (unpaired) electrons. The maximum Gasteiger partial charge on any atom is 0.246 e. The molecule has 6 heteroatoms. The molecule has 0 aliphatic carbocycles. The monoisotopic (exact) mass is 456 g/mol. The fourth-order valence-electron chi connectivity index (χ4n) is 4.42. The number of hydrogen-bond acceptors (Lipinski definition) is 3. The number of likely N-dealkylation sites (tertiary alicyclic amines) is 1. The summed E-state index contributed by atoms with van der Waals surface area (Å²) in [5.41, 5.74) is 5.29. The van der Waals surface area contributed by atoms with Crippen LogP contribution in [0.4, 0.5) is 0 Å². The third-order valence-corrected chi connectivity index (χ3v) is 6.54. The van der Waals surface area contributed by atoms with Gasteiger partial charge in [-0.1, -0.05) is 60.7 Å². The second kappa shape index (κ2) is 11.0. The zero-order chi connectivity index (χ0) is 23.9. The lowest BCUT2D eigenvalue weighted by atomic mass is 9.95. The number of aryl methyl sites for hydroxylation is 1. The zero-order valence-corrected chi connectivity index (χ0v) is 19.9. The molecule has 1 N–H and O–H groups in total. The first-order chi connectivity index (χ1) is 16.5. The number of benzene rings is 2. The fraction of sp³-hybridized carbons (Fsp3) is 0.321. The van der Waals surface area contributed by atoms with Gasteiger partial charge in [-0.15, -0.1) is 0 Å². The highest BCUT2D eigenvalue weighted by atomic mass is 16.2. The molecule has 2 aromatic carbocycles. The van der Waals surface area contributed by atoms with Crippen molar-refractivity contribution in [3.63, 3.8) is 0 Å². The third-order valence-electron chi connectivity index (χ3n) is 6.54. The molecule has 1 aliphatic heterocycles. The second-order valence-electron chi connectivity index (χ2n) is 8.85. The van der Waals surface area contributed by atoms with Crippen LogP contribution in [0.25, 0.3) is 6.08 Å². The summed E-state index contributed by atoms with van der Waals surface area (Å²) in [6.45, 7) is 6.43.